The molecule has 104 valence electrons. The number of anilines is 2. The van der Waals surface area contributed by atoms with Gasteiger partial charge in [-0.1, -0.05) is 13.8 Å². The van der Waals surface area contributed by atoms with E-state index in [0.717, 1.165) is 24.2 Å². The number of nitrogen functional groups attached to an aromatic ring is 1. The number of benzene rings is 1. The molecule has 0 unspecified atom stereocenters. The fourth-order valence-electron chi connectivity index (χ4n) is 1.97. The minimum atomic E-state index is 0.525. The molecule has 0 amide bonds. The molecule has 1 aromatic heterocycles. The van der Waals surface area contributed by atoms with Crippen LogP contribution >= 0.6 is 0 Å². The maximum Gasteiger partial charge on any atom is 0.298 e. The smallest absolute Gasteiger partial charge is 0.298 e. The lowest BCUT2D eigenvalue weighted by Crippen LogP contribution is -2.31. The Balaban J connectivity index is 2.26. The Morgan fingerprint density at radius 3 is 2.89 bits per heavy atom. The zero-order chi connectivity index (χ0) is 13.8. The van der Waals surface area contributed by atoms with Gasteiger partial charge in [0.15, 0.2) is 5.58 Å². The minimum absolute atomic E-state index is 0.525. The summed E-state index contributed by atoms with van der Waals surface area (Å²) in [7, 11) is 1.69. The second kappa shape index (κ2) is 5.93. The van der Waals surface area contributed by atoms with Crippen molar-refractivity contribution in [3.05, 3.63) is 18.2 Å². The molecule has 0 saturated heterocycles. The molecule has 0 atom stereocenters. The van der Waals surface area contributed by atoms with Crippen molar-refractivity contribution in [1.82, 2.24) is 4.98 Å². The highest BCUT2D eigenvalue weighted by Gasteiger charge is 2.15. The van der Waals surface area contributed by atoms with Crippen LogP contribution < -0.4 is 10.6 Å². The maximum absolute atomic E-state index is 5.79. The number of rotatable bonds is 6. The largest absolute Gasteiger partial charge is 0.423 e. The van der Waals surface area contributed by atoms with Gasteiger partial charge >= 0.3 is 0 Å². The topological polar surface area (TPSA) is 64.5 Å². The third kappa shape index (κ3) is 3.38. The van der Waals surface area contributed by atoms with Gasteiger partial charge in [-0.25, -0.2) is 0 Å². The molecule has 0 radical (unpaired) electrons. The molecule has 5 heteroatoms. The van der Waals surface area contributed by atoms with E-state index in [9.17, 15) is 0 Å². The van der Waals surface area contributed by atoms with Crippen molar-refractivity contribution in [3.8, 4) is 0 Å². The third-order valence-corrected chi connectivity index (χ3v) is 2.82. The number of ether oxygens (including phenoxy) is 1. The molecule has 1 heterocycles. The maximum atomic E-state index is 5.79. The molecule has 0 aliphatic carbocycles. The molecule has 5 nitrogen and oxygen atoms in total. The van der Waals surface area contributed by atoms with E-state index < -0.39 is 0 Å². The van der Waals surface area contributed by atoms with Crippen LogP contribution in [0.25, 0.3) is 11.1 Å². The number of aromatic nitrogens is 1. The van der Waals surface area contributed by atoms with E-state index in [1.54, 1.807) is 7.11 Å². The van der Waals surface area contributed by atoms with E-state index in [2.05, 4.69) is 23.7 Å². The first-order valence-corrected chi connectivity index (χ1v) is 6.50. The van der Waals surface area contributed by atoms with Crippen LogP contribution in [0, 0.1) is 5.92 Å². The fraction of sp³-hybridized carbons (Fsp3) is 0.500. The van der Waals surface area contributed by atoms with Gasteiger partial charge in [0, 0.05) is 25.9 Å². The quantitative estimate of drug-likeness (QED) is 0.811. The van der Waals surface area contributed by atoms with E-state index in [1.165, 1.54) is 0 Å². The first-order chi connectivity index (χ1) is 9.10. The predicted molar refractivity (Wildman–Crippen MR) is 77.3 cm³/mol. The second-order valence-corrected chi connectivity index (χ2v) is 5.06. The van der Waals surface area contributed by atoms with Crippen LogP contribution in [-0.4, -0.2) is 31.8 Å². The molecule has 2 rings (SSSR count). The van der Waals surface area contributed by atoms with Crippen molar-refractivity contribution in [2.75, 3.05) is 37.4 Å². The van der Waals surface area contributed by atoms with Crippen LogP contribution in [-0.2, 0) is 4.74 Å². The molecule has 2 aromatic rings. The number of nitrogens with two attached hydrogens (primary N) is 1. The summed E-state index contributed by atoms with van der Waals surface area (Å²) in [6.45, 7) is 6.62. The van der Waals surface area contributed by atoms with Gasteiger partial charge in [-0.05, 0) is 24.1 Å². The van der Waals surface area contributed by atoms with E-state index >= 15 is 0 Å². The van der Waals surface area contributed by atoms with Gasteiger partial charge in [-0.3, -0.25) is 0 Å². The number of methoxy groups -OCH3 is 1. The van der Waals surface area contributed by atoms with Gasteiger partial charge in [0.25, 0.3) is 6.01 Å². The summed E-state index contributed by atoms with van der Waals surface area (Å²) in [5.41, 5.74) is 8.00. The summed E-state index contributed by atoms with van der Waals surface area (Å²) in [6, 6.07) is 6.13. The van der Waals surface area contributed by atoms with Crippen molar-refractivity contribution < 1.29 is 9.15 Å². The second-order valence-electron chi connectivity index (χ2n) is 5.06. The number of hydrogen-bond donors (Lipinski definition) is 1. The molecular weight excluding hydrogens is 242 g/mol. The van der Waals surface area contributed by atoms with Gasteiger partial charge in [0.1, 0.15) is 5.52 Å². The van der Waals surface area contributed by atoms with Gasteiger partial charge in [0.2, 0.25) is 0 Å². The van der Waals surface area contributed by atoms with Crippen LogP contribution in [0.1, 0.15) is 13.8 Å². The van der Waals surface area contributed by atoms with Gasteiger partial charge < -0.3 is 19.8 Å². The lowest BCUT2D eigenvalue weighted by molar-refractivity contribution is 0.203. The molecule has 0 saturated carbocycles. The van der Waals surface area contributed by atoms with E-state index in [4.69, 9.17) is 14.9 Å². The number of oxazole rings is 1. The van der Waals surface area contributed by atoms with E-state index in [-0.39, 0.29) is 0 Å². The lowest BCUT2D eigenvalue weighted by Gasteiger charge is -2.21. The molecule has 0 spiro atoms. The molecule has 19 heavy (non-hydrogen) atoms. The van der Waals surface area contributed by atoms with Crippen molar-refractivity contribution in [3.63, 3.8) is 0 Å². The average Bonchev–Trinajstić information content (AvgIpc) is 2.76. The van der Waals surface area contributed by atoms with Crippen molar-refractivity contribution in [2.24, 2.45) is 5.92 Å². The summed E-state index contributed by atoms with van der Waals surface area (Å²) >= 11 is 0. The van der Waals surface area contributed by atoms with Crippen molar-refractivity contribution in [1.29, 1.82) is 0 Å². The normalized spacial score (nSPS) is 11.4. The Morgan fingerprint density at radius 2 is 2.21 bits per heavy atom. The monoisotopic (exact) mass is 263 g/mol. The van der Waals surface area contributed by atoms with Crippen LogP contribution in [0.5, 0.6) is 0 Å². The van der Waals surface area contributed by atoms with Crippen molar-refractivity contribution >= 4 is 22.8 Å². The summed E-state index contributed by atoms with van der Waals surface area (Å²) < 4.78 is 10.9. The number of hydrogen-bond acceptors (Lipinski definition) is 5. The van der Waals surface area contributed by atoms with Crippen LogP contribution in [0.15, 0.2) is 22.6 Å². The molecule has 0 aliphatic heterocycles. The fourth-order valence-corrected chi connectivity index (χ4v) is 1.97. The molecule has 1 aromatic carbocycles. The Labute approximate surface area is 113 Å². The summed E-state index contributed by atoms with van der Waals surface area (Å²) in [4.78, 5) is 6.61. The summed E-state index contributed by atoms with van der Waals surface area (Å²) in [5.74, 6) is 0.525. The third-order valence-electron chi connectivity index (χ3n) is 2.82. The van der Waals surface area contributed by atoms with E-state index in [1.807, 2.05) is 18.2 Å². The Kier molecular flexibility index (Phi) is 4.27. The molecule has 0 fully saturated rings. The Hall–Kier alpha value is -1.75. The highest BCUT2D eigenvalue weighted by Crippen LogP contribution is 2.24. The highest BCUT2D eigenvalue weighted by molar-refractivity contribution is 5.78. The van der Waals surface area contributed by atoms with Gasteiger partial charge in [-0.2, -0.15) is 4.98 Å². The highest BCUT2D eigenvalue weighted by atomic mass is 16.5. The minimum Gasteiger partial charge on any atom is -0.423 e. The van der Waals surface area contributed by atoms with Gasteiger partial charge in [-0.15, -0.1) is 0 Å². The molecular formula is C14H21N3O2. The number of nitrogens with zero attached hydrogens (tertiary/aromatic N) is 2. The summed E-state index contributed by atoms with van der Waals surface area (Å²) in [5, 5.41) is 0. The zero-order valence-electron chi connectivity index (χ0n) is 11.7. The molecule has 0 bridgehead atoms. The number of fused-ring (bicyclic) bond motifs is 1. The van der Waals surface area contributed by atoms with Crippen molar-refractivity contribution in [2.45, 2.75) is 13.8 Å². The Morgan fingerprint density at radius 1 is 1.42 bits per heavy atom. The first kappa shape index (κ1) is 13.7. The molecule has 2 N–H and O–H groups in total. The van der Waals surface area contributed by atoms with Gasteiger partial charge in [0.05, 0.1) is 6.61 Å². The zero-order valence-corrected chi connectivity index (χ0v) is 11.7. The van der Waals surface area contributed by atoms with E-state index in [0.29, 0.717) is 24.2 Å². The standard InChI is InChI=1S/C14H21N3O2/c1-10(2)9-17(6-7-18-3)14-16-12-8-11(15)4-5-13(12)19-14/h4-5,8,10H,6-7,9,15H2,1-3H3. The predicted octanol–water partition coefficient (Wildman–Crippen LogP) is 2.52. The average molecular weight is 263 g/mol. The first-order valence-electron chi connectivity index (χ1n) is 6.50. The SMILES string of the molecule is COCCN(CC(C)C)c1nc2cc(N)ccc2o1. The van der Waals surface area contributed by atoms with Crippen LogP contribution in [0.4, 0.5) is 11.7 Å². The molecule has 0 aliphatic rings. The van der Waals surface area contributed by atoms with Crippen LogP contribution in [0.2, 0.25) is 0 Å². The Bertz CT molecular complexity index is 536. The lowest BCUT2D eigenvalue weighted by atomic mass is 10.2. The summed E-state index contributed by atoms with van der Waals surface area (Å²) in [6.07, 6.45) is 0. The van der Waals surface area contributed by atoms with Crippen LogP contribution in [0.3, 0.4) is 0 Å².